The van der Waals surface area contributed by atoms with Crippen LogP contribution >= 0.6 is 0 Å². The van der Waals surface area contributed by atoms with Gasteiger partial charge in [-0.25, -0.2) is 4.98 Å². The Bertz CT molecular complexity index is 2270. The molecule has 52 heavy (non-hydrogen) atoms. The molecule has 0 bridgehead atoms. The minimum absolute atomic E-state index is 0.942. The molecule has 1 heterocycles. The van der Waals surface area contributed by atoms with Crippen LogP contribution < -0.4 is 0 Å². The fourth-order valence-electron chi connectivity index (χ4n) is 7.14. The van der Waals surface area contributed by atoms with Crippen molar-refractivity contribution in [3.05, 3.63) is 198 Å². The van der Waals surface area contributed by atoms with Gasteiger partial charge in [-0.3, -0.25) is 0 Å². The molecule has 0 aliphatic rings. The van der Waals surface area contributed by atoms with E-state index >= 15 is 0 Å². The van der Waals surface area contributed by atoms with E-state index in [1.165, 1.54) is 66.8 Å². The Hall–Kier alpha value is -6.31. The zero-order chi connectivity index (χ0) is 35.6. The highest BCUT2D eigenvalue weighted by Gasteiger charge is 2.15. The van der Waals surface area contributed by atoms with Crippen molar-refractivity contribution in [2.75, 3.05) is 0 Å². The first-order valence-corrected chi connectivity index (χ1v) is 18.0. The van der Waals surface area contributed by atoms with Gasteiger partial charge >= 0.3 is 0 Å². The van der Waals surface area contributed by atoms with E-state index in [0.29, 0.717) is 0 Å². The smallest absolute Gasteiger partial charge is 0.0716 e. The van der Waals surface area contributed by atoms with Gasteiger partial charge in [0.15, 0.2) is 0 Å². The van der Waals surface area contributed by atoms with E-state index in [2.05, 4.69) is 204 Å². The van der Waals surface area contributed by atoms with Gasteiger partial charge in [0.1, 0.15) is 0 Å². The van der Waals surface area contributed by atoms with Crippen LogP contribution in [0.5, 0.6) is 0 Å². The van der Waals surface area contributed by atoms with Crippen molar-refractivity contribution < 1.29 is 0 Å². The van der Waals surface area contributed by atoms with Gasteiger partial charge in [-0.15, -0.1) is 0 Å². The molecule has 8 rings (SSSR count). The molecule has 0 N–H and O–H groups in total. The van der Waals surface area contributed by atoms with Gasteiger partial charge in [-0.05, 0) is 132 Å². The number of pyridine rings is 1. The molecule has 250 valence electrons. The van der Waals surface area contributed by atoms with Gasteiger partial charge in [0.2, 0.25) is 0 Å². The Morgan fingerprint density at radius 3 is 0.846 bits per heavy atom. The summed E-state index contributed by atoms with van der Waals surface area (Å²) in [7, 11) is 0. The molecule has 1 nitrogen and oxygen atoms in total. The van der Waals surface area contributed by atoms with Crippen LogP contribution in [0.25, 0.3) is 78.1 Å². The third-order valence-corrected chi connectivity index (χ3v) is 9.80. The Morgan fingerprint density at radius 1 is 0.231 bits per heavy atom. The van der Waals surface area contributed by atoms with E-state index < -0.39 is 0 Å². The van der Waals surface area contributed by atoms with Crippen molar-refractivity contribution in [3.8, 4) is 78.1 Å². The maximum atomic E-state index is 5.51. The first-order valence-electron chi connectivity index (χ1n) is 18.0. The molecule has 1 heteroatoms. The van der Waals surface area contributed by atoms with Crippen LogP contribution in [0.2, 0.25) is 0 Å². The quantitative estimate of drug-likeness (QED) is 0.165. The Balaban J connectivity index is 1.37. The molecule has 0 saturated heterocycles. The topological polar surface area (TPSA) is 12.9 Å². The predicted octanol–water partition coefficient (Wildman–Crippen LogP) is 14.0. The summed E-state index contributed by atoms with van der Waals surface area (Å²) in [5.74, 6) is 0. The maximum Gasteiger partial charge on any atom is 0.0716 e. The molecular weight excluding hydrogens is 627 g/mol. The summed E-state index contributed by atoms with van der Waals surface area (Å²) in [6, 6.07) is 64.1. The van der Waals surface area contributed by atoms with Crippen LogP contribution in [-0.4, -0.2) is 4.98 Å². The summed E-state index contributed by atoms with van der Waals surface area (Å²) >= 11 is 0. The molecule has 0 amide bonds. The standard InChI is InChI=1S/C51H41N/c1-34-12-8-18-39(22-34)43-26-44(40-19-9-13-35(2)23-40)29-48(28-43)50-32-47(38-16-6-5-7-17-38)33-51(52-50)49-30-45(41-20-10-14-36(3)24-41)27-46(31-49)42-21-11-15-37(4)25-42/h5-33H,1-4H3. The summed E-state index contributed by atoms with van der Waals surface area (Å²) in [6.45, 7) is 8.62. The summed E-state index contributed by atoms with van der Waals surface area (Å²) in [6.07, 6.45) is 0. The monoisotopic (exact) mass is 667 g/mol. The molecule has 0 aliphatic heterocycles. The van der Waals surface area contributed by atoms with E-state index in [4.69, 9.17) is 4.98 Å². The van der Waals surface area contributed by atoms with E-state index in [1.54, 1.807) is 0 Å². The zero-order valence-corrected chi connectivity index (χ0v) is 30.2. The third-order valence-electron chi connectivity index (χ3n) is 9.80. The van der Waals surface area contributed by atoms with Crippen molar-refractivity contribution in [1.82, 2.24) is 4.98 Å². The van der Waals surface area contributed by atoms with Crippen LogP contribution in [0.4, 0.5) is 0 Å². The summed E-state index contributed by atoms with van der Waals surface area (Å²) in [5, 5.41) is 0. The van der Waals surface area contributed by atoms with Crippen LogP contribution in [0, 0.1) is 27.7 Å². The fraction of sp³-hybridized carbons (Fsp3) is 0.0784. The average molecular weight is 668 g/mol. The zero-order valence-electron chi connectivity index (χ0n) is 30.2. The van der Waals surface area contributed by atoms with E-state index in [-0.39, 0.29) is 0 Å². The van der Waals surface area contributed by atoms with Crippen molar-refractivity contribution in [2.45, 2.75) is 27.7 Å². The predicted molar refractivity (Wildman–Crippen MR) is 221 cm³/mol. The van der Waals surface area contributed by atoms with Gasteiger partial charge in [-0.1, -0.05) is 150 Å². The van der Waals surface area contributed by atoms with Gasteiger partial charge in [-0.2, -0.15) is 0 Å². The number of hydrogen-bond acceptors (Lipinski definition) is 1. The minimum atomic E-state index is 0.942. The van der Waals surface area contributed by atoms with Crippen LogP contribution in [0.1, 0.15) is 22.3 Å². The lowest BCUT2D eigenvalue weighted by Crippen LogP contribution is -1.94. The summed E-state index contributed by atoms with van der Waals surface area (Å²) in [4.78, 5) is 5.51. The first-order chi connectivity index (χ1) is 25.3. The van der Waals surface area contributed by atoms with E-state index in [1.807, 2.05) is 0 Å². The lowest BCUT2D eigenvalue weighted by molar-refractivity contribution is 1.32. The molecule has 7 aromatic carbocycles. The van der Waals surface area contributed by atoms with Crippen molar-refractivity contribution >= 4 is 0 Å². The number of rotatable bonds is 7. The van der Waals surface area contributed by atoms with Gasteiger partial charge < -0.3 is 0 Å². The molecule has 1 aromatic heterocycles. The largest absolute Gasteiger partial charge is 0.248 e. The van der Waals surface area contributed by atoms with E-state index in [9.17, 15) is 0 Å². The fourth-order valence-corrected chi connectivity index (χ4v) is 7.14. The number of benzene rings is 7. The lowest BCUT2D eigenvalue weighted by Gasteiger charge is -2.16. The molecular formula is C51H41N. The molecule has 0 unspecified atom stereocenters. The molecule has 8 aromatic rings. The lowest BCUT2D eigenvalue weighted by atomic mass is 9.91. The number of aryl methyl sites for hydroxylation is 4. The second-order valence-corrected chi connectivity index (χ2v) is 14.1. The summed E-state index contributed by atoms with van der Waals surface area (Å²) < 4.78 is 0. The Kier molecular flexibility index (Phi) is 8.93. The number of nitrogens with zero attached hydrogens (tertiary/aromatic N) is 1. The second kappa shape index (κ2) is 14.1. The highest BCUT2D eigenvalue weighted by Crippen LogP contribution is 2.38. The number of aromatic nitrogens is 1. The maximum absolute atomic E-state index is 5.51. The van der Waals surface area contributed by atoms with Crippen LogP contribution in [-0.2, 0) is 0 Å². The third kappa shape index (κ3) is 7.13. The van der Waals surface area contributed by atoms with Crippen LogP contribution in [0.3, 0.4) is 0 Å². The second-order valence-electron chi connectivity index (χ2n) is 14.1. The molecule has 0 aliphatic carbocycles. The van der Waals surface area contributed by atoms with Gasteiger partial charge in [0.25, 0.3) is 0 Å². The normalized spacial score (nSPS) is 11.1. The van der Waals surface area contributed by atoms with Crippen molar-refractivity contribution in [1.29, 1.82) is 0 Å². The highest BCUT2D eigenvalue weighted by atomic mass is 14.7. The molecule has 0 atom stereocenters. The van der Waals surface area contributed by atoms with Crippen molar-refractivity contribution in [2.24, 2.45) is 0 Å². The van der Waals surface area contributed by atoms with E-state index in [0.717, 1.165) is 33.6 Å². The first kappa shape index (κ1) is 32.9. The average Bonchev–Trinajstić information content (AvgIpc) is 3.18. The molecule has 0 saturated carbocycles. The Labute approximate surface area is 308 Å². The number of hydrogen-bond donors (Lipinski definition) is 0. The minimum Gasteiger partial charge on any atom is -0.248 e. The highest BCUT2D eigenvalue weighted by molar-refractivity contribution is 5.86. The molecule has 0 fully saturated rings. The molecule has 0 radical (unpaired) electrons. The van der Waals surface area contributed by atoms with Crippen molar-refractivity contribution in [3.63, 3.8) is 0 Å². The summed E-state index contributed by atoms with van der Waals surface area (Å²) in [5.41, 5.74) is 20.8. The molecule has 0 spiro atoms. The van der Waals surface area contributed by atoms with Crippen LogP contribution in [0.15, 0.2) is 176 Å². The van der Waals surface area contributed by atoms with Gasteiger partial charge in [0.05, 0.1) is 11.4 Å². The Morgan fingerprint density at radius 2 is 0.519 bits per heavy atom. The SMILES string of the molecule is Cc1cccc(-c2cc(-c3cccc(C)c3)cc(-c3cc(-c4ccccc4)cc(-c4cc(-c5cccc(C)c5)cc(-c5cccc(C)c5)c4)n3)c2)c1. The van der Waals surface area contributed by atoms with Gasteiger partial charge in [0, 0.05) is 11.1 Å².